The molecule has 4 N–H and O–H groups in total. The zero-order valence-electron chi connectivity index (χ0n) is 9.20. The van der Waals surface area contributed by atoms with E-state index in [9.17, 15) is 8.42 Å². The Morgan fingerprint density at radius 2 is 2.17 bits per heavy atom. The maximum atomic E-state index is 11.9. The van der Waals surface area contributed by atoms with E-state index in [4.69, 9.17) is 10.4 Å². The van der Waals surface area contributed by atoms with E-state index in [-0.39, 0.29) is 11.4 Å². The summed E-state index contributed by atoms with van der Waals surface area (Å²) in [6.07, 6.45) is 2.64. The van der Waals surface area contributed by atoms with Crippen LogP contribution < -0.4 is 16.0 Å². The summed E-state index contributed by atoms with van der Waals surface area (Å²) in [5.74, 6) is 5.94. The van der Waals surface area contributed by atoms with Crippen LogP contribution in [0.25, 0.3) is 0 Å². The number of hydrogen-bond donors (Lipinski definition) is 3. The van der Waals surface area contributed by atoms with Crippen molar-refractivity contribution in [2.24, 2.45) is 5.84 Å². The molecule has 0 aromatic carbocycles. The second kappa shape index (κ2) is 5.12. The van der Waals surface area contributed by atoms with Gasteiger partial charge in [-0.1, -0.05) is 5.16 Å². The summed E-state index contributed by atoms with van der Waals surface area (Å²) < 4.78 is 30.9. The lowest BCUT2D eigenvalue weighted by atomic mass is 10.5. The lowest BCUT2D eigenvalue weighted by Crippen LogP contribution is -2.23. The molecule has 0 atom stereocenters. The molecule has 0 aliphatic carbocycles. The van der Waals surface area contributed by atoms with E-state index in [0.29, 0.717) is 11.6 Å². The number of nitrogens with two attached hydrogens (primary N) is 1. The lowest BCUT2D eigenvalue weighted by Gasteiger charge is -2.05. The molecule has 2 heterocycles. The molecular formula is C9H11N5O3S. The zero-order valence-corrected chi connectivity index (χ0v) is 10.0. The Hall–Kier alpha value is -1.97. The largest absolute Gasteiger partial charge is 0.360 e. The fraction of sp³-hybridized carbons (Fsp3) is 0.111. The average molecular weight is 269 g/mol. The summed E-state index contributed by atoms with van der Waals surface area (Å²) >= 11 is 0. The van der Waals surface area contributed by atoms with Gasteiger partial charge in [0.2, 0.25) is 10.0 Å². The van der Waals surface area contributed by atoms with Gasteiger partial charge in [-0.15, -0.1) is 0 Å². The Morgan fingerprint density at radius 1 is 1.33 bits per heavy atom. The van der Waals surface area contributed by atoms with Crippen molar-refractivity contribution in [1.82, 2.24) is 14.9 Å². The standard InChI is InChI=1S/C9H11N5O3S/c10-14-9-2-1-8(6-11-9)18(15,16)13-5-7-3-4-12-17-7/h1-4,6,13H,5,10H2,(H,11,14). The third-order valence-electron chi connectivity index (χ3n) is 2.12. The minimum atomic E-state index is -3.63. The van der Waals surface area contributed by atoms with Gasteiger partial charge in [0, 0.05) is 12.3 Å². The van der Waals surface area contributed by atoms with Gasteiger partial charge < -0.3 is 9.95 Å². The maximum absolute atomic E-state index is 11.9. The molecule has 0 saturated carbocycles. The van der Waals surface area contributed by atoms with E-state index in [2.05, 4.69) is 20.3 Å². The molecule has 2 aromatic rings. The van der Waals surface area contributed by atoms with E-state index in [1.54, 1.807) is 6.07 Å². The van der Waals surface area contributed by atoms with Crippen LogP contribution in [0.2, 0.25) is 0 Å². The van der Waals surface area contributed by atoms with E-state index < -0.39 is 10.0 Å². The van der Waals surface area contributed by atoms with Crippen molar-refractivity contribution in [3.63, 3.8) is 0 Å². The first kappa shape index (κ1) is 12.5. The van der Waals surface area contributed by atoms with Crippen LogP contribution in [-0.4, -0.2) is 18.6 Å². The molecule has 0 saturated heterocycles. The second-order valence-electron chi connectivity index (χ2n) is 3.33. The van der Waals surface area contributed by atoms with E-state index >= 15 is 0 Å². The molecule has 18 heavy (non-hydrogen) atoms. The van der Waals surface area contributed by atoms with Gasteiger partial charge in [0.15, 0.2) is 5.76 Å². The van der Waals surface area contributed by atoms with Crippen molar-refractivity contribution in [3.05, 3.63) is 36.4 Å². The van der Waals surface area contributed by atoms with Crippen LogP contribution in [0.1, 0.15) is 5.76 Å². The number of pyridine rings is 1. The molecule has 2 aromatic heterocycles. The highest BCUT2D eigenvalue weighted by molar-refractivity contribution is 7.89. The van der Waals surface area contributed by atoms with Gasteiger partial charge in [-0.25, -0.2) is 24.0 Å². The van der Waals surface area contributed by atoms with Crippen molar-refractivity contribution in [2.75, 3.05) is 5.43 Å². The third-order valence-corrected chi connectivity index (χ3v) is 3.51. The SMILES string of the molecule is NNc1ccc(S(=O)(=O)NCc2ccno2)cn1. The van der Waals surface area contributed by atoms with Gasteiger partial charge in [0.1, 0.15) is 10.7 Å². The zero-order chi connectivity index (χ0) is 13.0. The van der Waals surface area contributed by atoms with Crippen LogP contribution in [0.4, 0.5) is 5.82 Å². The van der Waals surface area contributed by atoms with Gasteiger partial charge in [0.05, 0.1) is 12.7 Å². The van der Waals surface area contributed by atoms with E-state index in [1.165, 1.54) is 24.5 Å². The van der Waals surface area contributed by atoms with Crippen molar-refractivity contribution >= 4 is 15.8 Å². The summed E-state index contributed by atoms with van der Waals surface area (Å²) in [7, 11) is -3.63. The summed E-state index contributed by atoms with van der Waals surface area (Å²) in [6.45, 7) is 0.0270. The van der Waals surface area contributed by atoms with Gasteiger partial charge in [0.25, 0.3) is 0 Å². The quantitative estimate of drug-likeness (QED) is 0.508. The first-order valence-corrected chi connectivity index (χ1v) is 6.42. The molecule has 0 fully saturated rings. The smallest absolute Gasteiger partial charge is 0.242 e. The number of nitrogens with zero attached hydrogens (tertiary/aromatic N) is 2. The lowest BCUT2D eigenvalue weighted by molar-refractivity contribution is 0.380. The fourth-order valence-electron chi connectivity index (χ4n) is 1.21. The van der Waals surface area contributed by atoms with E-state index in [0.717, 1.165) is 0 Å². The van der Waals surface area contributed by atoms with Gasteiger partial charge in [-0.2, -0.15) is 0 Å². The van der Waals surface area contributed by atoms with Crippen molar-refractivity contribution in [1.29, 1.82) is 0 Å². The molecule has 0 aliphatic heterocycles. The predicted octanol–water partition coefficient (Wildman–Crippen LogP) is -0.166. The van der Waals surface area contributed by atoms with Gasteiger partial charge >= 0.3 is 0 Å². The minimum absolute atomic E-state index is 0.0270. The molecule has 0 aliphatic rings. The molecule has 0 spiro atoms. The summed E-state index contributed by atoms with van der Waals surface area (Å²) in [6, 6.07) is 4.43. The van der Waals surface area contributed by atoms with Crippen molar-refractivity contribution < 1.29 is 12.9 Å². The Balaban J connectivity index is 2.09. The predicted molar refractivity (Wildman–Crippen MR) is 62.6 cm³/mol. The van der Waals surface area contributed by atoms with Crippen LogP contribution in [0.15, 0.2) is 40.0 Å². The Bertz CT molecular complexity index is 594. The molecule has 8 nitrogen and oxygen atoms in total. The van der Waals surface area contributed by atoms with E-state index in [1.807, 2.05) is 0 Å². The Labute approximate surface area is 103 Å². The number of anilines is 1. The molecular weight excluding hydrogens is 258 g/mol. The number of aromatic nitrogens is 2. The number of hydrogen-bond acceptors (Lipinski definition) is 7. The number of nitrogens with one attached hydrogen (secondary N) is 2. The summed E-state index contributed by atoms with van der Waals surface area (Å²) in [4.78, 5) is 3.86. The van der Waals surface area contributed by atoms with Crippen molar-refractivity contribution in [3.8, 4) is 0 Å². The van der Waals surface area contributed by atoms with Crippen LogP contribution in [0.5, 0.6) is 0 Å². The highest BCUT2D eigenvalue weighted by atomic mass is 32.2. The highest BCUT2D eigenvalue weighted by Gasteiger charge is 2.14. The number of rotatable bonds is 5. The Kier molecular flexibility index (Phi) is 3.55. The number of hydrazine groups is 1. The number of nitrogen functional groups attached to an aromatic ring is 1. The van der Waals surface area contributed by atoms with Crippen molar-refractivity contribution in [2.45, 2.75) is 11.4 Å². The van der Waals surface area contributed by atoms with Gasteiger partial charge in [-0.05, 0) is 12.1 Å². The first-order valence-electron chi connectivity index (χ1n) is 4.94. The minimum Gasteiger partial charge on any atom is -0.360 e. The highest BCUT2D eigenvalue weighted by Crippen LogP contribution is 2.10. The van der Waals surface area contributed by atoms with Crippen LogP contribution in [0.3, 0.4) is 0 Å². The monoisotopic (exact) mass is 269 g/mol. The molecule has 2 rings (SSSR count). The first-order chi connectivity index (χ1) is 8.62. The normalized spacial score (nSPS) is 11.4. The second-order valence-corrected chi connectivity index (χ2v) is 5.09. The molecule has 9 heteroatoms. The molecule has 0 amide bonds. The third kappa shape index (κ3) is 2.83. The summed E-state index contributed by atoms with van der Waals surface area (Å²) in [5, 5.41) is 3.47. The number of sulfonamides is 1. The van der Waals surface area contributed by atoms with Crippen LogP contribution in [-0.2, 0) is 16.6 Å². The topological polar surface area (TPSA) is 123 Å². The summed E-state index contributed by atoms with van der Waals surface area (Å²) in [5.41, 5.74) is 2.31. The molecule has 0 radical (unpaired) electrons. The molecule has 96 valence electrons. The van der Waals surface area contributed by atoms with Crippen LogP contribution >= 0.6 is 0 Å². The molecule has 0 unspecified atom stereocenters. The molecule has 0 bridgehead atoms. The van der Waals surface area contributed by atoms with Gasteiger partial charge in [-0.3, -0.25) is 0 Å². The Morgan fingerprint density at radius 3 is 2.72 bits per heavy atom. The van der Waals surface area contributed by atoms with Crippen LogP contribution in [0, 0.1) is 0 Å². The maximum Gasteiger partial charge on any atom is 0.242 e. The average Bonchev–Trinajstić information content (AvgIpc) is 2.90. The fourth-order valence-corrected chi connectivity index (χ4v) is 2.15.